The minimum atomic E-state index is -4.55. The highest BCUT2D eigenvalue weighted by atomic mass is 19.4. The van der Waals surface area contributed by atoms with Crippen molar-refractivity contribution in [2.45, 2.75) is 19.3 Å². The summed E-state index contributed by atoms with van der Waals surface area (Å²) < 4.78 is 43.2. The van der Waals surface area contributed by atoms with E-state index in [0.29, 0.717) is 0 Å². The zero-order chi connectivity index (χ0) is 22.6. The van der Waals surface area contributed by atoms with Crippen LogP contribution < -0.4 is 22.1 Å². The summed E-state index contributed by atoms with van der Waals surface area (Å²) in [6.07, 6.45) is -3.42. The first-order valence-corrected chi connectivity index (χ1v) is 8.71. The lowest BCUT2D eigenvalue weighted by molar-refractivity contribution is -0.137. The number of anilines is 2. The highest BCUT2D eigenvalue weighted by Gasteiger charge is 2.30. The van der Waals surface area contributed by atoms with Crippen LogP contribution in [0.5, 0.6) is 0 Å². The molecule has 6 N–H and O–H groups in total. The number of nitrogens with two attached hydrogens (primary N) is 2. The number of nitrogens with zero attached hydrogens (tertiary/aromatic N) is 3. The van der Waals surface area contributed by atoms with E-state index < -0.39 is 23.6 Å². The van der Waals surface area contributed by atoms with E-state index in [1.54, 1.807) is 0 Å². The van der Waals surface area contributed by atoms with Gasteiger partial charge in [0.1, 0.15) is 23.5 Å². The van der Waals surface area contributed by atoms with Crippen molar-refractivity contribution in [1.82, 2.24) is 20.4 Å². The minimum absolute atomic E-state index is 0.000933. The van der Waals surface area contributed by atoms with Crippen molar-refractivity contribution in [1.29, 1.82) is 0 Å². The first-order chi connectivity index (χ1) is 14.7. The van der Waals surface area contributed by atoms with Crippen molar-refractivity contribution in [2.24, 2.45) is 5.73 Å². The number of rotatable bonds is 6. The number of alkyl halides is 3. The van der Waals surface area contributed by atoms with Crippen molar-refractivity contribution in [3.05, 3.63) is 64.9 Å². The lowest BCUT2D eigenvalue weighted by atomic mass is 10.2. The number of amides is 2. The molecule has 0 aliphatic carbocycles. The van der Waals surface area contributed by atoms with E-state index in [-0.39, 0.29) is 47.3 Å². The molecule has 3 aromatic rings. The summed E-state index contributed by atoms with van der Waals surface area (Å²) in [6.45, 7) is -0.160. The molecular weight excluding hydrogens is 419 g/mol. The largest absolute Gasteiger partial charge is 0.416 e. The molecule has 31 heavy (non-hydrogen) atoms. The van der Waals surface area contributed by atoms with Gasteiger partial charge >= 0.3 is 6.18 Å². The summed E-state index contributed by atoms with van der Waals surface area (Å²) in [5, 5.41) is 8.46. The summed E-state index contributed by atoms with van der Waals surface area (Å²) in [5.74, 6) is -1.57. The SMILES string of the molecule is NCc1c(N)ncnc1C(=O)NCc1cc(C(=O)Nc2cccc(C(F)(F)F)c2)on1. The van der Waals surface area contributed by atoms with Gasteiger partial charge in [-0.2, -0.15) is 13.2 Å². The zero-order valence-corrected chi connectivity index (χ0v) is 15.7. The molecule has 10 nitrogen and oxygen atoms in total. The zero-order valence-electron chi connectivity index (χ0n) is 15.7. The average molecular weight is 435 g/mol. The molecule has 0 atom stereocenters. The highest BCUT2D eigenvalue weighted by molar-refractivity contribution is 6.02. The van der Waals surface area contributed by atoms with E-state index in [0.717, 1.165) is 24.5 Å². The molecule has 0 fully saturated rings. The van der Waals surface area contributed by atoms with Gasteiger partial charge in [-0.25, -0.2) is 9.97 Å². The molecule has 13 heteroatoms. The van der Waals surface area contributed by atoms with Gasteiger partial charge in [-0.3, -0.25) is 9.59 Å². The second-order valence-electron chi connectivity index (χ2n) is 6.19. The molecule has 0 saturated carbocycles. The Hall–Kier alpha value is -4.00. The Morgan fingerprint density at radius 1 is 1.13 bits per heavy atom. The van der Waals surface area contributed by atoms with Gasteiger partial charge in [-0.1, -0.05) is 11.2 Å². The van der Waals surface area contributed by atoms with Crippen LogP contribution in [0.15, 0.2) is 41.2 Å². The molecule has 0 unspecified atom stereocenters. The topological polar surface area (TPSA) is 162 Å². The predicted molar refractivity (Wildman–Crippen MR) is 101 cm³/mol. The number of benzene rings is 1. The molecule has 0 bridgehead atoms. The van der Waals surface area contributed by atoms with Gasteiger partial charge in [0.25, 0.3) is 11.8 Å². The molecule has 162 valence electrons. The van der Waals surface area contributed by atoms with Gasteiger partial charge in [0.05, 0.1) is 12.1 Å². The number of halogens is 3. The molecule has 0 saturated heterocycles. The smallest absolute Gasteiger partial charge is 0.383 e. The summed E-state index contributed by atoms with van der Waals surface area (Å²) in [4.78, 5) is 32.1. The fourth-order valence-corrected chi connectivity index (χ4v) is 2.55. The molecule has 3 rings (SSSR count). The van der Waals surface area contributed by atoms with Gasteiger partial charge < -0.3 is 26.6 Å². The van der Waals surface area contributed by atoms with Crippen LogP contribution in [0.25, 0.3) is 0 Å². The van der Waals surface area contributed by atoms with Crippen LogP contribution in [-0.2, 0) is 19.3 Å². The van der Waals surface area contributed by atoms with E-state index in [1.165, 1.54) is 12.1 Å². The third kappa shape index (κ3) is 5.14. The number of hydrogen-bond acceptors (Lipinski definition) is 8. The fraction of sp³-hybridized carbons (Fsp3) is 0.167. The Morgan fingerprint density at radius 3 is 2.61 bits per heavy atom. The molecule has 0 radical (unpaired) electrons. The van der Waals surface area contributed by atoms with Crippen molar-refractivity contribution in [3.63, 3.8) is 0 Å². The molecule has 0 spiro atoms. The lowest BCUT2D eigenvalue weighted by Crippen LogP contribution is -2.26. The maximum atomic E-state index is 12.8. The normalized spacial score (nSPS) is 11.2. The van der Waals surface area contributed by atoms with E-state index in [9.17, 15) is 22.8 Å². The number of carbonyl (C=O) groups is 2. The Labute approximate surface area is 172 Å². The third-order valence-electron chi connectivity index (χ3n) is 4.06. The fourth-order valence-electron chi connectivity index (χ4n) is 2.55. The van der Waals surface area contributed by atoms with Crippen LogP contribution in [0.1, 0.15) is 37.9 Å². The summed E-state index contributed by atoms with van der Waals surface area (Å²) in [5.41, 5.74) is 10.7. The van der Waals surface area contributed by atoms with E-state index in [2.05, 4.69) is 25.8 Å². The molecule has 0 aliphatic rings. The number of nitrogens with one attached hydrogen (secondary N) is 2. The van der Waals surface area contributed by atoms with Gasteiger partial charge in [-0.05, 0) is 18.2 Å². The molecule has 2 heterocycles. The van der Waals surface area contributed by atoms with Crippen LogP contribution in [0.4, 0.5) is 24.7 Å². The van der Waals surface area contributed by atoms with Gasteiger partial charge in [-0.15, -0.1) is 0 Å². The Kier molecular flexibility index (Phi) is 6.15. The van der Waals surface area contributed by atoms with Crippen molar-refractivity contribution >= 4 is 23.3 Å². The summed E-state index contributed by atoms with van der Waals surface area (Å²) in [6, 6.07) is 5.37. The lowest BCUT2D eigenvalue weighted by Gasteiger charge is -2.08. The summed E-state index contributed by atoms with van der Waals surface area (Å²) >= 11 is 0. The van der Waals surface area contributed by atoms with Crippen LogP contribution in [0.2, 0.25) is 0 Å². The number of nitrogen functional groups attached to an aromatic ring is 1. The predicted octanol–water partition coefficient (Wildman–Crippen LogP) is 1.71. The quantitative estimate of drug-likeness (QED) is 0.455. The second kappa shape index (κ2) is 8.79. The van der Waals surface area contributed by atoms with E-state index in [4.69, 9.17) is 16.0 Å². The molecule has 0 aliphatic heterocycles. The van der Waals surface area contributed by atoms with Gasteiger partial charge in [0, 0.05) is 23.9 Å². The second-order valence-corrected chi connectivity index (χ2v) is 6.19. The average Bonchev–Trinajstić information content (AvgIpc) is 3.20. The van der Waals surface area contributed by atoms with Crippen LogP contribution in [0.3, 0.4) is 0 Å². The van der Waals surface area contributed by atoms with E-state index >= 15 is 0 Å². The van der Waals surface area contributed by atoms with Gasteiger partial charge in [0.15, 0.2) is 0 Å². The van der Waals surface area contributed by atoms with Crippen molar-refractivity contribution in [3.8, 4) is 0 Å². The highest BCUT2D eigenvalue weighted by Crippen LogP contribution is 2.30. The first-order valence-electron chi connectivity index (χ1n) is 8.71. The van der Waals surface area contributed by atoms with Crippen molar-refractivity contribution < 1.29 is 27.3 Å². The Bertz CT molecular complexity index is 1110. The van der Waals surface area contributed by atoms with E-state index in [1.807, 2.05) is 0 Å². The molecular formula is C18H16F3N7O3. The maximum absolute atomic E-state index is 12.8. The monoisotopic (exact) mass is 435 g/mol. The van der Waals surface area contributed by atoms with Crippen LogP contribution in [0, 0.1) is 0 Å². The molecule has 2 amide bonds. The number of hydrogen-bond donors (Lipinski definition) is 4. The number of carbonyl (C=O) groups excluding carboxylic acids is 2. The minimum Gasteiger partial charge on any atom is -0.383 e. The third-order valence-corrected chi connectivity index (χ3v) is 4.06. The Balaban J connectivity index is 1.64. The molecule has 2 aromatic heterocycles. The van der Waals surface area contributed by atoms with Crippen molar-refractivity contribution in [2.75, 3.05) is 11.1 Å². The maximum Gasteiger partial charge on any atom is 0.416 e. The Morgan fingerprint density at radius 2 is 1.90 bits per heavy atom. The first kappa shape index (κ1) is 21.7. The van der Waals surface area contributed by atoms with Crippen LogP contribution in [-0.4, -0.2) is 26.9 Å². The number of aromatic nitrogens is 3. The van der Waals surface area contributed by atoms with Gasteiger partial charge in [0.2, 0.25) is 5.76 Å². The summed E-state index contributed by atoms with van der Waals surface area (Å²) in [7, 11) is 0. The standard InChI is InChI=1S/C18H16F3N7O3/c19-18(20,21)9-2-1-3-10(4-9)27-16(29)13-5-11(28-31-13)7-24-17(30)14-12(6-22)15(23)26-8-25-14/h1-5,8H,6-7,22H2,(H,24,30)(H,27,29)(H2,23,25,26). The molecule has 1 aromatic carbocycles. The van der Waals surface area contributed by atoms with Crippen LogP contribution >= 0.6 is 0 Å².